The van der Waals surface area contributed by atoms with Gasteiger partial charge >= 0.3 is 5.97 Å². The van der Waals surface area contributed by atoms with Gasteiger partial charge in [0.1, 0.15) is 13.7 Å². The van der Waals surface area contributed by atoms with Crippen LogP contribution in [0.3, 0.4) is 0 Å². The Labute approximate surface area is 173 Å². The molecule has 0 aliphatic heterocycles. The van der Waals surface area contributed by atoms with E-state index in [-0.39, 0.29) is 33.6 Å². The van der Waals surface area contributed by atoms with Gasteiger partial charge in [-0.2, -0.15) is 0 Å². The van der Waals surface area contributed by atoms with Gasteiger partial charge < -0.3 is 15.8 Å². The van der Waals surface area contributed by atoms with Crippen LogP contribution in [0.4, 0.5) is 24.5 Å². The van der Waals surface area contributed by atoms with Crippen LogP contribution in [0.5, 0.6) is 0 Å². The summed E-state index contributed by atoms with van der Waals surface area (Å²) in [5, 5.41) is 2.73. The third-order valence-corrected chi connectivity index (χ3v) is 4.78. The number of nitrogens with two attached hydrogens (primary N) is 1. The lowest BCUT2D eigenvalue weighted by atomic mass is 9.82. The van der Waals surface area contributed by atoms with E-state index in [4.69, 9.17) is 18.3 Å². The first-order valence-corrected chi connectivity index (χ1v) is 8.94. The molecule has 152 valence electrons. The summed E-state index contributed by atoms with van der Waals surface area (Å²) in [4.78, 5) is 12.1. The number of anilines is 2. The quantitative estimate of drug-likeness (QED) is 0.296. The molecule has 0 saturated carbocycles. The highest BCUT2D eigenvalue weighted by Crippen LogP contribution is 2.36. The van der Waals surface area contributed by atoms with Crippen LogP contribution in [-0.4, -0.2) is 28.0 Å². The van der Waals surface area contributed by atoms with Crippen molar-refractivity contribution >= 4 is 30.7 Å². The number of carbonyl (C=O) groups is 1. The van der Waals surface area contributed by atoms with Crippen LogP contribution in [0.2, 0.25) is 0 Å². The second kappa shape index (κ2) is 8.14. The van der Waals surface area contributed by atoms with Crippen molar-refractivity contribution in [3.05, 3.63) is 65.0 Å². The molecule has 2 radical (unpaired) electrons. The van der Waals surface area contributed by atoms with Crippen molar-refractivity contribution in [1.29, 1.82) is 0 Å². The molecule has 3 aromatic rings. The van der Waals surface area contributed by atoms with Gasteiger partial charge in [0.25, 0.3) is 0 Å². The SMILES string of the molecule is [B]c1c(F)c(-c2cc(N)c(NC)c(C(=O)OC)c2)c(F)c(F)c1-c1cccc(C)c1. The summed E-state index contributed by atoms with van der Waals surface area (Å²) in [7, 11) is 8.55. The van der Waals surface area contributed by atoms with Crippen LogP contribution in [-0.2, 0) is 4.74 Å². The number of halogens is 3. The zero-order valence-corrected chi connectivity index (χ0v) is 16.6. The van der Waals surface area contributed by atoms with E-state index in [9.17, 15) is 4.79 Å². The van der Waals surface area contributed by atoms with E-state index >= 15 is 13.2 Å². The number of methoxy groups -OCH3 is 1. The maximum absolute atomic E-state index is 15.2. The van der Waals surface area contributed by atoms with Gasteiger partial charge in [-0.25, -0.2) is 18.0 Å². The Morgan fingerprint density at radius 2 is 1.70 bits per heavy atom. The van der Waals surface area contributed by atoms with Crippen molar-refractivity contribution in [2.75, 3.05) is 25.2 Å². The van der Waals surface area contributed by atoms with Gasteiger partial charge in [0.15, 0.2) is 11.6 Å². The Balaban J connectivity index is 2.31. The van der Waals surface area contributed by atoms with Gasteiger partial charge in [-0.15, -0.1) is 0 Å². The van der Waals surface area contributed by atoms with E-state index in [0.29, 0.717) is 0 Å². The zero-order valence-electron chi connectivity index (χ0n) is 16.6. The van der Waals surface area contributed by atoms with Gasteiger partial charge in [-0.3, -0.25) is 0 Å². The number of benzene rings is 3. The topological polar surface area (TPSA) is 64.3 Å². The predicted molar refractivity (Wildman–Crippen MR) is 113 cm³/mol. The molecule has 0 saturated heterocycles. The molecular weight excluding hydrogens is 392 g/mol. The van der Waals surface area contributed by atoms with Crippen LogP contribution in [0, 0.1) is 24.4 Å². The van der Waals surface area contributed by atoms with Crippen LogP contribution < -0.4 is 16.5 Å². The molecule has 3 N–H and O–H groups in total. The fourth-order valence-electron chi connectivity index (χ4n) is 3.37. The summed E-state index contributed by atoms with van der Waals surface area (Å²) in [6.07, 6.45) is 0. The number of nitrogens with one attached hydrogen (secondary N) is 1. The third-order valence-electron chi connectivity index (χ3n) is 4.78. The Kier molecular flexibility index (Phi) is 5.78. The lowest BCUT2D eigenvalue weighted by Gasteiger charge is -2.18. The minimum atomic E-state index is -1.44. The molecular formula is C22H18BF3N2O2. The lowest BCUT2D eigenvalue weighted by Crippen LogP contribution is -2.19. The number of hydrogen-bond donors (Lipinski definition) is 2. The van der Waals surface area contributed by atoms with Gasteiger partial charge in [0.2, 0.25) is 0 Å². The fourth-order valence-corrected chi connectivity index (χ4v) is 3.37. The van der Waals surface area contributed by atoms with Crippen molar-refractivity contribution in [3.8, 4) is 22.3 Å². The van der Waals surface area contributed by atoms with Crippen molar-refractivity contribution in [2.45, 2.75) is 6.92 Å². The maximum Gasteiger partial charge on any atom is 0.340 e. The van der Waals surface area contributed by atoms with Crippen LogP contribution in [0.25, 0.3) is 22.3 Å². The largest absolute Gasteiger partial charge is 0.465 e. The summed E-state index contributed by atoms with van der Waals surface area (Å²) in [5.41, 5.74) is 5.35. The average Bonchev–Trinajstić information content (AvgIpc) is 2.71. The maximum atomic E-state index is 15.2. The Morgan fingerprint density at radius 3 is 2.30 bits per heavy atom. The smallest absolute Gasteiger partial charge is 0.340 e. The monoisotopic (exact) mass is 410 g/mol. The van der Waals surface area contributed by atoms with Gasteiger partial charge in [0, 0.05) is 12.6 Å². The third kappa shape index (κ3) is 3.49. The van der Waals surface area contributed by atoms with Crippen LogP contribution in [0.15, 0.2) is 36.4 Å². The van der Waals surface area contributed by atoms with Crippen molar-refractivity contribution in [1.82, 2.24) is 0 Å². The Morgan fingerprint density at radius 1 is 1.03 bits per heavy atom. The molecule has 0 aromatic heterocycles. The van der Waals surface area contributed by atoms with Crippen LogP contribution >= 0.6 is 0 Å². The number of nitrogen functional groups attached to an aromatic ring is 1. The Bertz CT molecular complexity index is 1140. The van der Waals surface area contributed by atoms with E-state index in [1.165, 1.54) is 25.2 Å². The molecule has 0 fully saturated rings. The summed E-state index contributed by atoms with van der Waals surface area (Å²) in [6, 6.07) is 8.87. The molecule has 0 bridgehead atoms. The summed E-state index contributed by atoms with van der Waals surface area (Å²) in [5.74, 6) is -4.67. The van der Waals surface area contributed by atoms with E-state index < -0.39 is 34.4 Å². The second-order valence-corrected chi connectivity index (χ2v) is 6.70. The molecule has 8 heteroatoms. The minimum absolute atomic E-state index is 0.0240. The van der Waals surface area contributed by atoms with Crippen molar-refractivity contribution in [3.63, 3.8) is 0 Å². The van der Waals surface area contributed by atoms with E-state index in [1.807, 2.05) is 0 Å². The highest BCUT2D eigenvalue weighted by molar-refractivity contribution is 6.36. The molecule has 3 aromatic carbocycles. The second-order valence-electron chi connectivity index (χ2n) is 6.70. The van der Waals surface area contributed by atoms with Crippen LogP contribution in [0.1, 0.15) is 15.9 Å². The van der Waals surface area contributed by atoms with E-state index in [2.05, 4.69) is 5.32 Å². The fraction of sp³-hybridized carbons (Fsp3) is 0.136. The molecule has 30 heavy (non-hydrogen) atoms. The van der Waals surface area contributed by atoms with E-state index in [1.54, 1.807) is 25.1 Å². The number of esters is 1. The molecule has 3 rings (SSSR count). The lowest BCUT2D eigenvalue weighted by molar-refractivity contribution is 0.0602. The standard InChI is InChI=1S/C22H18BF3N2O2/c1-10-5-4-6-11(7-10)15-17(23)18(24)16(20(26)19(15)25)12-8-13(22(29)30-3)21(28-2)14(27)9-12/h4-9,28H,27H2,1-3H3. The Hall–Kier alpha value is -3.42. The number of carbonyl (C=O) groups excluding carboxylic acids is 1. The van der Waals surface area contributed by atoms with Gasteiger partial charge in [-0.1, -0.05) is 35.3 Å². The highest BCUT2D eigenvalue weighted by atomic mass is 19.2. The minimum Gasteiger partial charge on any atom is -0.465 e. The summed E-state index contributed by atoms with van der Waals surface area (Å²) >= 11 is 0. The first-order chi connectivity index (χ1) is 14.2. The molecule has 0 atom stereocenters. The number of aryl methyl sites for hydroxylation is 1. The molecule has 0 unspecified atom stereocenters. The highest BCUT2D eigenvalue weighted by Gasteiger charge is 2.26. The normalized spacial score (nSPS) is 10.7. The zero-order chi connectivity index (χ0) is 22.2. The predicted octanol–water partition coefficient (Wildman–Crippen LogP) is 3.95. The van der Waals surface area contributed by atoms with Gasteiger partial charge in [-0.05, 0) is 30.2 Å². The number of hydrogen-bond acceptors (Lipinski definition) is 4. The first-order valence-electron chi connectivity index (χ1n) is 8.94. The molecule has 0 amide bonds. The average molecular weight is 410 g/mol. The molecule has 0 aliphatic rings. The molecule has 0 heterocycles. The molecule has 0 aliphatic carbocycles. The van der Waals surface area contributed by atoms with E-state index in [0.717, 1.165) is 12.7 Å². The number of ether oxygens (including phenoxy) is 1. The van der Waals surface area contributed by atoms with Gasteiger partial charge in [0.05, 0.1) is 29.6 Å². The van der Waals surface area contributed by atoms with Crippen molar-refractivity contribution < 1.29 is 22.7 Å². The summed E-state index contributed by atoms with van der Waals surface area (Å²) in [6.45, 7) is 1.76. The summed E-state index contributed by atoms with van der Waals surface area (Å²) < 4.78 is 50.0. The van der Waals surface area contributed by atoms with Crippen molar-refractivity contribution in [2.24, 2.45) is 0 Å². The molecule has 0 spiro atoms. The molecule has 4 nitrogen and oxygen atoms in total. The number of rotatable bonds is 4. The first kappa shape index (κ1) is 21.3.